The van der Waals surface area contributed by atoms with Crippen LogP contribution in [0.2, 0.25) is 10.0 Å². The molecule has 0 saturated heterocycles. The number of H-pyrrole nitrogens is 1. The number of benzene rings is 3. The lowest BCUT2D eigenvalue weighted by molar-refractivity contribution is 0.0730. The molecular weight excluding hydrogens is 525 g/mol. The third-order valence-electron chi connectivity index (χ3n) is 6.45. The van der Waals surface area contributed by atoms with Crippen LogP contribution >= 0.6 is 23.2 Å². The Morgan fingerprint density at radius 2 is 1.87 bits per heavy atom. The molecule has 7 nitrogen and oxygen atoms in total. The molecule has 196 valence electrons. The Kier molecular flexibility index (Phi) is 7.23. The highest BCUT2D eigenvalue weighted by Gasteiger charge is 2.43. The van der Waals surface area contributed by atoms with Gasteiger partial charge in [-0.15, -0.1) is 0 Å². The minimum Gasteiger partial charge on any atom is -0.507 e. The molecule has 1 atom stereocenters. The van der Waals surface area contributed by atoms with Gasteiger partial charge in [0.15, 0.2) is 11.5 Å². The lowest BCUT2D eigenvalue weighted by atomic mass is 9.95. The van der Waals surface area contributed by atoms with E-state index in [1.54, 1.807) is 30.2 Å². The summed E-state index contributed by atoms with van der Waals surface area (Å²) in [5.41, 5.74) is 3.45. The summed E-state index contributed by atoms with van der Waals surface area (Å²) in [4.78, 5) is 15.5. The first kappa shape index (κ1) is 25.9. The van der Waals surface area contributed by atoms with Crippen molar-refractivity contribution in [3.05, 3.63) is 93.1 Å². The number of aromatic nitrogens is 2. The van der Waals surface area contributed by atoms with E-state index >= 15 is 0 Å². The van der Waals surface area contributed by atoms with Crippen LogP contribution in [-0.2, 0) is 6.54 Å². The first-order chi connectivity index (χ1) is 18.3. The molecule has 3 aromatic carbocycles. The van der Waals surface area contributed by atoms with E-state index in [2.05, 4.69) is 24.0 Å². The van der Waals surface area contributed by atoms with E-state index in [9.17, 15) is 9.90 Å². The Morgan fingerprint density at radius 1 is 1.08 bits per heavy atom. The number of amides is 1. The Hall–Kier alpha value is -3.68. The fourth-order valence-electron chi connectivity index (χ4n) is 4.65. The van der Waals surface area contributed by atoms with Gasteiger partial charge in [0.2, 0.25) is 0 Å². The molecule has 9 heteroatoms. The first-order valence-corrected chi connectivity index (χ1v) is 13.0. The Balaban J connectivity index is 1.65. The van der Waals surface area contributed by atoms with Crippen LogP contribution in [-0.4, -0.2) is 39.8 Å². The minimum absolute atomic E-state index is 0.00877. The lowest BCUT2D eigenvalue weighted by Gasteiger charge is -2.27. The Labute approximate surface area is 230 Å². The SMILES string of the molecule is COc1cc(C2c3c(-c4cc(Cl)ccc4O)n[nH]c3C(=O)N2Cc2ccccc2Cl)ccc1OCC(C)C. The smallest absolute Gasteiger partial charge is 0.273 e. The average Bonchev–Trinajstić information content (AvgIpc) is 3.44. The van der Waals surface area contributed by atoms with Gasteiger partial charge < -0.3 is 19.5 Å². The highest BCUT2D eigenvalue weighted by molar-refractivity contribution is 6.31. The standard InChI is InChI=1S/C29H27Cl2N3O4/c1-16(2)15-38-23-11-8-17(12-24(23)37-3)28-25-26(20-13-19(30)9-10-22(20)35)32-33-27(25)29(36)34(28)14-18-6-4-5-7-21(18)31/h4-13,16,28,35H,14-15H2,1-3H3,(H,32,33). The van der Waals surface area contributed by atoms with E-state index < -0.39 is 6.04 Å². The summed E-state index contributed by atoms with van der Waals surface area (Å²) in [5.74, 6) is 1.29. The Bertz CT molecular complexity index is 1500. The predicted octanol–water partition coefficient (Wildman–Crippen LogP) is 6.88. The van der Waals surface area contributed by atoms with Crippen molar-refractivity contribution < 1.29 is 19.4 Å². The number of nitrogens with zero attached hydrogens (tertiary/aromatic N) is 2. The molecule has 2 N–H and O–H groups in total. The number of phenolic OH excluding ortho intramolecular Hbond substituents is 1. The maximum Gasteiger partial charge on any atom is 0.273 e. The van der Waals surface area contributed by atoms with Gasteiger partial charge in [-0.1, -0.05) is 61.3 Å². The molecule has 0 spiro atoms. The molecular formula is C29H27Cl2N3O4. The van der Waals surface area contributed by atoms with Gasteiger partial charge in [-0.05, 0) is 53.4 Å². The van der Waals surface area contributed by atoms with Crippen molar-refractivity contribution in [3.63, 3.8) is 0 Å². The number of aromatic amines is 1. The molecule has 5 rings (SSSR count). The Morgan fingerprint density at radius 3 is 2.61 bits per heavy atom. The van der Waals surface area contributed by atoms with Crippen molar-refractivity contribution >= 4 is 29.1 Å². The molecule has 4 aromatic rings. The van der Waals surface area contributed by atoms with Crippen LogP contribution in [0.4, 0.5) is 0 Å². The van der Waals surface area contributed by atoms with E-state index in [-0.39, 0.29) is 18.2 Å². The quantitative estimate of drug-likeness (QED) is 0.249. The fraction of sp³-hybridized carbons (Fsp3) is 0.241. The lowest BCUT2D eigenvalue weighted by Crippen LogP contribution is -2.29. The molecule has 1 aliphatic rings. The monoisotopic (exact) mass is 551 g/mol. The van der Waals surface area contributed by atoms with Crippen molar-refractivity contribution in [2.24, 2.45) is 5.92 Å². The average molecular weight is 552 g/mol. The minimum atomic E-state index is -0.547. The highest BCUT2D eigenvalue weighted by atomic mass is 35.5. The summed E-state index contributed by atoms with van der Waals surface area (Å²) in [7, 11) is 1.58. The molecule has 0 aliphatic carbocycles. The van der Waals surface area contributed by atoms with Crippen LogP contribution in [0, 0.1) is 5.92 Å². The molecule has 0 fully saturated rings. The van der Waals surface area contributed by atoms with E-state index in [4.69, 9.17) is 32.7 Å². The number of aromatic hydroxyl groups is 1. The summed E-state index contributed by atoms with van der Waals surface area (Å²) < 4.78 is 11.6. The third kappa shape index (κ3) is 4.79. The first-order valence-electron chi connectivity index (χ1n) is 12.2. The number of halogens is 2. The van der Waals surface area contributed by atoms with Crippen LogP contribution in [0.25, 0.3) is 11.3 Å². The van der Waals surface area contributed by atoms with E-state index in [1.165, 1.54) is 6.07 Å². The number of carbonyl (C=O) groups is 1. The van der Waals surface area contributed by atoms with E-state index in [0.717, 1.165) is 11.1 Å². The summed E-state index contributed by atoms with van der Waals surface area (Å²) in [5, 5.41) is 19.0. The molecule has 2 heterocycles. The van der Waals surface area contributed by atoms with Crippen molar-refractivity contribution in [3.8, 4) is 28.5 Å². The zero-order valence-electron chi connectivity index (χ0n) is 21.2. The molecule has 1 amide bonds. The molecule has 38 heavy (non-hydrogen) atoms. The normalized spacial score (nSPS) is 14.7. The van der Waals surface area contributed by atoms with Gasteiger partial charge in [0.05, 0.1) is 19.8 Å². The predicted molar refractivity (Wildman–Crippen MR) is 147 cm³/mol. The van der Waals surface area contributed by atoms with Gasteiger partial charge >= 0.3 is 0 Å². The number of phenols is 1. The molecule has 0 radical (unpaired) electrons. The summed E-state index contributed by atoms with van der Waals surface area (Å²) in [6.45, 7) is 4.95. The van der Waals surface area contributed by atoms with Gasteiger partial charge in [0.1, 0.15) is 17.1 Å². The molecule has 0 saturated carbocycles. The zero-order valence-corrected chi connectivity index (χ0v) is 22.7. The van der Waals surface area contributed by atoms with Crippen molar-refractivity contribution in [2.45, 2.75) is 26.4 Å². The number of hydrogen-bond acceptors (Lipinski definition) is 5. The maximum absolute atomic E-state index is 13.8. The zero-order chi connectivity index (χ0) is 27.0. The van der Waals surface area contributed by atoms with Crippen LogP contribution in [0.5, 0.6) is 17.2 Å². The fourth-order valence-corrected chi connectivity index (χ4v) is 5.02. The number of carbonyl (C=O) groups excluding carboxylic acids is 1. The molecule has 1 unspecified atom stereocenters. The van der Waals surface area contributed by atoms with Gasteiger partial charge in [-0.25, -0.2) is 0 Å². The topological polar surface area (TPSA) is 87.7 Å². The highest BCUT2D eigenvalue weighted by Crippen LogP contribution is 2.47. The van der Waals surface area contributed by atoms with Crippen LogP contribution in [0.3, 0.4) is 0 Å². The number of rotatable bonds is 8. The second-order valence-electron chi connectivity index (χ2n) is 9.56. The molecule has 1 aliphatic heterocycles. The van der Waals surface area contributed by atoms with Crippen molar-refractivity contribution in [1.29, 1.82) is 0 Å². The van der Waals surface area contributed by atoms with Crippen LogP contribution in [0.1, 0.15) is 47.1 Å². The summed E-state index contributed by atoms with van der Waals surface area (Å²) >= 11 is 12.7. The third-order valence-corrected chi connectivity index (χ3v) is 7.06. The van der Waals surface area contributed by atoms with Crippen LogP contribution in [0.15, 0.2) is 60.7 Å². The summed E-state index contributed by atoms with van der Waals surface area (Å²) in [6, 6.07) is 17.3. The van der Waals surface area contributed by atoms with Crippen molar-refractivity contribution in [2.75, 3.05) is 13.7 Å². The summed E-state index contributed by atoms with van der Waals surface area (Å²) in [6.07, 6.45) is 0. The number of methoxy groups -OCH3 is 1. The molecule has 0 bridgehead atoms. The van der Waals surface area contributed by atoms with Gasteiger partial charge in [-0.2, -0.15) is 5.10 Å². The number of hydrogen-bond donors (Lipinski definition) is 2. The van der Waals surface area contributed by atoms with Crippen LogP contribution < -0.4 is 9.47 Å². The van der Waals surface area contributed by atoms with Gasteiger partial charge in [-0.3, -0.25) is 9.89 Å². The maximum atomic E-state index is 13.8. The molecule has 1 aromatic heterocycles. The van der Waals surface area contributed by atoms with E-state index in [1.807, 2.05) is 36.4 Å². The largest absolute Gasteiger partial charge is 0.507 e. The second-order valence-corrected chi connectivity index (χ2v) is 10.4. The number of ether oxygens (including phenoxy) is 2. The second kappa shape index (κ2) is 10.6. The van der Waals surface area contributed by atoms with Crippen molar-refractivity contribution in [1.82, 2.24) is 15.1 Å². The number of nitrogens with one attached hydrogen (secondary N) is 1. The van der Waals surface area contributed by atoms with E-state index in [0.29, 0.717) is 56.6 Å². The van der Waals surface area contributed by atoms with Gasteiger partial charge in [0, 0.05) is 27.7 Å². The van der Waals surface area contributed by atoms with Gasteiger partial charge in [0.25, 0.3) is 5.91 Å². The number of fused-ring (bicyclic) bond motifs is 1.